The van der Waals surface area contributed by atoms with Crippen LogP contribution in [0.3, 0.4) is 0 Å². The van der Waals surface area contributed by atoms with Gasteiger partial charge < -0.3 is 15.0 Å². The molecular formula is C16H28N2O3. The van der Waals surface area contributed by atoms with Crippen LogP contribution in [0.5, 0.6) is 0 Å². The molecule has 2 aliphatic heterocycles. The lowest BCUT2D eigenvalue weighted by Crippen LogP contribution is -2.44. The lowest BCUT2D eigenvalue weighted by atomic mass is 9.89. The Balaban J connectivity index is 1.87. The Hall–Kier alpha value is -1.10. The molecule has 0 aromatic carbocycles. The highest BCUT2D eigenvalue weighted by molar-refractivity contribution is 5.82. The molecule has 0 spiro atoms. The summed E-state index contributed by atoms with van der Waals surface area (Å²) in [5, 5.41) is 3.60. The van der Waals surface area contributed by atoms with Gasteiger partial charge in [-0.05, 0) is 52.4 Å². The molecule has 120 valence electrons. The van der Waals surface area contributed by atoms with Gasteiger partial charge in [-0.2, -0.15) is 0 Å². The number of nitrogens with zero attached hydrogens (tertiary/aromatic N) is 1. The average molecular weight is 296 g/mol. The van der Waals surface area contributed by atoms with E-state index >= 15 is 0 Å². The maximum atomic E-state index is 12.5. The summed E-state index contributed by atoms with van der Waals surface area (Å²) in [7, 11) is 0. The number of fused-ring (bicyclic) bond motifs is 2. The van der Waals surface area contributed by atoms with Crippen molar-refractivity contribution in [2.45, 2.75) is 71.0 Å². The number of rotatable bonds is 6. The molecule has 1 N–H and O–H groups in total. The smallest absolute Gasteiger partial charge is 0.325 e. The van der Waals surface area contributed by atoms with Gasteiger partial charge in [-0.25, -0.2) is 0 Å². The normalized spacial score (nSPS) is 27.7. The van der Waals surface area contributed by atoms with Gasteiger partial charge in [-0.3, -0.25) is 9.59 Å². The number of nitrogens with one attached hydrogen (secondary N) is 1. The van der Waals surface area contributed by atoms with Gasteiger partial charge in [0.2, 0.25) is 5.91 Å². The highest BCUT2D eigenvalue weighted by Gasteiger charge is 2.35. The number of carbonyl (C=O) groups excluding carboxylic acids is 2. The maximum Gasteiger partial charge on any atom is 0.325 e. The van der Waals surface area contributed by atoms with Gasteiger partial charge in [-0.1, -0.05) is 0 Å². The fourth-order valence-electron chi connectivity index (χ4n) is 3.61. The largest absolute Gasteiger partial charge is 0.465 e. The summed E-state index contributed by atoms with van der Waals surface area (Å²) < 4.78 is 4.96. The molecule has 1 amide bonds. The molecule has 21 heavy (non-hydrogen) atoms. The molecule has 0 aliphatic carbocycles. The van der Waals surface area contributed by atoms with E-state index in [0.29, 0.717) is 31.0 Å². The van der Waals surface area contributed by atoms with Crippen LogP contribution in [0.15, 0.2) is 0 Å². The van der Waals surface area contributed by atoms with Gasteiger partial charge in [0.15, 0.2) is 0 Å². The summed E-state index contributed by atoms with van der Waals surface area (Å²) >= 11 is 0. The third-order valence-corrected chi connectivity index (χ3v) is 4.58. The summed E-state index contributed by atoms with van der Waals surface area (Å²) in [5.74, 6) is 0.231. The Bertz CT molecular complexity index is 372. The minimum atomic E-state index is -0.315. The summed E-state index contributed by atoms with van der Waals surface area (Å²) in [5.41, 5.74) is 0. The third-order valence-electron chi connectivity index (χ3n) is 4.58. The number of amides is 1. The molecule has 0 aromatic rings. The fraction of sp³-hybridized carbons (Fsp3) is 0.875. The number of hydrogen-bond donors (Lipinski definition) is 1. The highest BCUT2D eigenvalue weighted by atomic mass is 16.5. The van der Waals surface area contributed by atoms with Crippen molar-refractivity contribution in [1.82, 2.24) is 10.2 Å². The monoisotopic (exact) mass is 296 g/mol. The second-order valence-electron chi connectivity index (χ2n) is 6.60. The maximum absolute atomic E-state index is 12.5. The standard InChI is InChI=1S/C16H28N2O3/c1-4-21-16(20)10-18(11(2)3)15(19)9-12-7-13-5-6-14(8-12)17-13/h11-14,17H,4-10H2,1-3H3. The van der Waals surface area contributed by atoms with Crippen molar-refractivity contribution < 1.29 is 14.3 Å². The van der Waals surface area contributed by atoms with E-state index in [2.05, 4.69) is 5.32 Å². The zero-order valence-electron chi connectivity index (χ0n) is 13.4. The number of carbonyl (C=O) groups is 2. The zero-order chi connectivity index (χ0) is 15.4. The molecular weight excluding hydrogens is 268 g/mol. The molecule has 2 saturated heterocycles. The minimum absolute atomic E-state index is 0.0281. The van der Waals surface area contributed by atoms with Crippen LogP contribution in [0.2, 0.25) is 0 Å². The van der Waals surface area contributed by atoms with Crippen molar-refractivity contribution >= 4 is 11.9 Å². The van der Waals surface area contributed by atoms with Crippen molar-refractivity contribution in [2.75, 3.05) is 13.2 Å². The van der Waals surface area contributed by atoms with Gasteiger partial charge in [0.05, 0.1) is 6.61 Å². The molecule has 2 atom stereocenters. The van der Waals surface area contributed by atoms with Crippen LogP contribution < -0.4 is 5.32 Å². The molecule has 2 fully saturated rings. The Morgan fingerprint density at radius 1 is 1.24 bits per heavy atom. The first-order valence-corrected chi connectivity index (χ1v) is 8.20. The van der Waals surface area contributed by atoms with Crippen LogP contribution in [-0.2, 0) is 14.3 Å². The topological polar surface area (TPSA) is 58.6 Å². The van der Waals surface area contributed by atoms with E-state index in [0.717, 1.165) is 12.8 Å². The Morgan fingerprint density at radius 3 is 2.38 bits per heavy atom. The summed E-state index contributed by atoms with van der Waals surface area (Å²) in [6, 6.07) is 1.22. The van der Waals surface area contributed by atoms with Crippen LogP contribution >= 0.6 is 0 Å². The van der Waals surface area contributed by atoms with Gasteiger partial charge in [0, 0.05) is 24.5 Å². The molecule has 2 bridgehead atoms. The van der Waals surface area contributed by atoms with Gasteiger partial charge in [-0.15, -0.1) is 0 Å². The van der Waals surface area contributed by atoms with Crippen molar-refractivity contribution in [3.05, 3.63) is 0 Å². The third kappa shape index (κ3) is 4.43. The van der Waals surface area contributed by atoms with E-state index in [1.807, 2.05) is 13.8 Å². The average Bonchev–Trinajstić information content (AvgIpc) is 2.75. The Labute approximate surface area is 127 Å². The lowest BCUT2D eigenvalue weighted by molar-refractivity contribution is -0.150. The first-order chi connectivity index (χ1) is 9.99. The first kappa shape index (κ1) is 16.3. The molecule has 0 aromatic heterocycles. The van der Waals surface area contributed by atoms with Crippen LogP contribution in [-0.4, -0.2) is 48.1 Å². The van der Waals surface area contributed by atoms with E-state index < -0.39 is 0 Å². The molecule has 2 aliphatic rings. The summed E-state index contributed by atoms with van der Waals surface area (Å²) in [6.07, 6.45) is 5.23. The Kier molecular flexibility index (Phi) is 5.62. The zero-order valence-corrected chi connectivity index (χ0v) is 13.4. The number of ether oxygens (including phenoxy) is 1. The van der Waals surface area contributed by atoms with Crippen LogP contribution in [0.1, 0.15) is 52.9 Å². The molecule has 2 unspecified atom stereocenters. The second-order valence-corrected chi connectivity index (χ2v) is 6.60. The van der Waals surface area contributed by atoms with Crippen LogP contribution in [0.4, 0.5) is 0 Å². The van der Waals surface area contributed by atoms with Gasteiger partial charge in [0.1, 0.15) is 6.54 Å². The van der Waals surface area contributed by atoms with Crippen molar-refractivity contribution in [3.63, 3.8) is 0 Å². The highest BCUT2D eigenvalue weighted by Crippen LogP contribution is 2.33. The number of piperidine rings is 1. The fourth-order valence-corrected chi connectivity index (χ4v) is 3.61. The summed E-state index contributed by atoms with van der Waals surface area (Å²) in [4.78, 5) is 25.8. The second kappa shape index (κ2) is 7.25. The Morgan fingerprint density at radius 2 is 1.86 bits per heavy atom. The number of esters is 1. The molecule has 2 rings (SSSR count). The van der Waals surface area contributed by atoms with E-state index in [9.17, 15) is 9.59 Å². The molecule has 0 radical (unpaired) electrons. The van der Waals surface area contributed by atoms with E-state index in [4.69, 9.17) is 4.74 Å². The summed E-state index contributed by atoms with van der Waals surface area (Å²) in [6.45, 7) is 6.11. The molecule has 5 heteroatoms. The van der Waals surface area contributed by atoms with E-state index in [-0.39, 0.29) is 24.5 Å². The predicted octanol–water partition coefficient (Wildman–Crippen LogP) is 1.71. The minimum Gasteiger partial charge on any atom is -0.465 e. The first-order valence-electron chi connectivity index (χ1n) is 8.20. The van der Waals surface area contributed by atoms with Crippen LogP contribution in [0, 0.1) is 5.92 Å². The van der Waals surface area contributed by atoms with Gasteiger partial charge >= 0.3 is 5.97 Å². The lowest BCUT2D eigenvalue weighted by Gasteiger charge is -2.32. The quantitative estimate of drug-likeness (QED) is 0.758. The molecule has 2 heterocycles. The van der Waals surface area contributed by atoms with E-state index in [1.54, 1.807) is 11.8 Å². The number of hydrogen-bond acceptors (Lipinski definition) is 4. The molecule has 0 saturated carbocycles. The molecule has 5 nitrogen and oxygen atoms in total. The van der Waals surface area contributed by atoms with Crippen molar-refractivity contribution in [2.24, 2.45) is 5.92 Å². The predicted molar refractivity (Wildman–Crippen MR) is 80.8 cm³/mol. The van der Waals surface area contributed by atoms with E-state index in [1.165, 1.54) is 12.8 Å². The van der Waals surface area contributed by atoms with Crippen molar-refractivity contribution in [1.29, 1.82) is 0 Å². The SMILES string of the molecule is CCOC(=O)CN(C(=O)CC1CC2CCC(C1)N2)C(C)C. The van der Waals surface area contributed by atoms with Crippen LogP contribution in [0.25, 0.3) is 0 Å². The van der Waals surface area contributed by atoms with Crippen molar-refractivity contribution in [3.8, 4) is 0 Å². The van der Waals surface area contributed by atoms with Gasteiger partial charge in [0.25, 0.3) is 0 Å².